The number of hydrogen-bond acceptors (Lipinski definition) is 11. The first-order chi connectivity index (χ1) is 22.6. The molecule has 0 N–H and O–H groups in total. The van der Waals surface area contributed by atoms with Gasteiger partial charge in [0.25, 0.3) is 0 Å². The van der Waals surface area contributed by atoms with Gasteiger partial charge in [-0.2, -0.15) is 4.90 Å². The molecule has 1 aromatic heterocycles. The van der Waals surface area contributed by atoms with Crippen molar-refractivity contribution in [2.45, 2.75) is 104 Å². The molecule has 12 nitrogen and oxygen atoms in total. The van der Waals surface area contributed by atoms with Crippen LogP contribution in [0, 0.1) is 37.4 Å². The lowest BCUT2D eigenvalue weighted by atomic mass is 9.53. The van der Waals surface area contributed by atoms with Gasteiger partial charge in [-0.15, -0.1) is 0 Å². The van der Waals surface area contributed by atoms with E-state index in [-0.39, 0.29) is 52.8 Å². The third-order valence-corrected chi connectivity index (χ3v) is 9.75. The van der Waals surface area contributed by atoms with Gasteiger partial charge in [-0.05, 0) is 106 Å². The number of hydrogen-bond donors (Lipinski definition) is 0. The van der Waals surface area contributed by atoms with E-state index in [9.17, 15) is 24.0 Å². The van der Waals surface area contributed by atoms with Crippen LogP contribution in [0.3, 0.4) is 0 Å². The molecule has 5 atom stereocenters. The minimum atomic E-state index is -2.02. The maximum Gasteiger partial charge on any atom is 0.424 e. The molecule has 0 bridgehead atoms. The van der Waals surface area contributed by atoms with E-state index in [1.54, 1.807) is 69.5 Å². The van der Waals surface area contributed by atoms with Crippen molar-refractivity contribution in [3.05, 3.63) is 45.1 Å². The first kappa shape index (κ1) is 36.3. The lowest BCUT2D eigenvalue weighted by Crippen LogP contribution is -2.67. The second-order valence-electron chi connectivity index (χ2n) is 15.5. The topological polar surface area (TPSA) is 146 Å². The molecule has 3 aliphatic rings. The molecule has 0 aliphatic heterocycles. The van der Waals surface area contributed by atoms with Crippen molar-refractivity contribution in [2.24, 2.45) is 17.8 Å². The number of aryl methyl sites for hydroxylation is 1. The number of methoxy groups -OCH3 is 1. The van der Waals surface area contributed by atoms with Gasteiger partial charge in [-0.3, -0.25) is 19.3 Å². The summed E-state index contributed by atoms with van der Waals surface area (Å²) in [5.41, 5.74) is -3.70. The highest BCUT2D eigenvalue weighted by Gasteiger charge is 2.68. The fourth-order valence-corrected chi connectivity index (χ4v) is 8.00. The van der Waals surface area contributed by atoms with Gasteiger partial charge in [0.15, 0.2) is 22.9 Å². The van der Waals surface area contributed by atoms with Gasteiger partial charge in [0.2, 0.25) is 5.78 Å². The summed E-state index contributed by atoms with van der Waals surface area (Å²) in [6.07, 6.45) is -2.00. The number of halogens is 1. The average Bonchev–Trinajstić information content (AvgIpc) is 3.34. The lowest BCUT2D eigenvalue weighted by Gasteiger charge is -2.52. The van der Waals surface area contributed by atoms with Crippen LogP contribution in [0.25, 0.3) is 0 Å². The van der Waals surface area contributed by atoms with Crippen LogP contribution >= 0.6 is 0 Å². The van der Waals surface area contributed by atoms with Crippen LogP contribution in [-0.4, -0.2) is 77.6 Å². The number of nitrogens with zero attached hydrogens (tertiary/aromatic N) is 3. The third kappa shape index (κ3) is 5.58. The van der Waals surface area contributed by atoms with Crippen molar-refractivity contribution in [3.8, 4) is 0 Å². The van der Waals surface area contributed by atoms with E-state index in [0.29, 0.717) is 16.4 Å². The molecule has 0 radical (unpaired) electrons. The summed E-state index contributed by atoms with van der Waals surface area (Å²) in [7, 11) is 4.86. The highest BCUT2D eigenvalue weighted by Crippen LogP contribution is 2.56. The molecule has 0 spiro atoms. The molecule has 1 aromatic carbocycles. The van der Waals surface area contributed by atoms with Gasteiger partial charge in [0.1, 0.15) is 17.0 Å². The fourth-order valence-electron chi connectivity index (χ4n) is 8.00. The largest absolute Gasteiger partial charge is 0.443 e. The minimum absolute atomic E-state index is 0.00321. The van der Waals surface area contributed by atoms with Crippen LogP contribution in [0.2, 0.25) is 0 Å². The Morgan fingerprint density at radius 2 is 1.57 bits per heavy atom. The van der Waals surface area contributed by atoms with Gasteiger partial charge in [-0.25, -0.2) is 14.0 Å². The standard InChI is InChI=1S/C36H46FN3O9/c1-13-19-25(37)20-14-18-15-21-27(39(10)11)29-23(17(3)38-49-29)30(42)36(21,46-12)31(43)24(18)28(41)22(20)16(2)26(19)40(32(44)47-34(4,5)6)33(45)48-35(7,8)9/h18,21,24,27H,13-15H2,1-12H3. The number of Topliss-reactive ketones (excluding diaryl/α,β-unsaturated/α-hetero) is 3. The number of carbonyl (C=O) groups is 5. The summed E-state index contributed by atoms with van der Waals surface area (Å²) in [6, 6.07) is -0.591. The van der Waals surface area contributed by atoms with Crippen LogP contribution in [0.1, 0.15) is 110 Å². The molecule has 5 unspecified atom stereocenters. The summed E-state index contributed by atoms with van der Waals surface area (Å²) in [4.78, 5) is 73.5. The van der Waals surface area contributed by atoms with E-state index in [4.69, 9.17) is 18.7 Å². The van der Waals surface area contributed by atoms with E-state index in [1.807, 2.05) is 4.90 Å². The zero-order valence-electron chi connectivity index (χ0n) is 30.3. The van der Waals surface area contributed by atoms with Gasteiger partial charge in [0, 0.05) is 24.2 Å². The number of fused-ring (bicyclic) bond motifs is 4. The van der Waals surface area contributed by atoms with Crippen LogP contribution < -0.4 is 4.90 Å². The monoisotopic (exact) mass is 683 g/mol. The Labute approximate surface area is 285 Å². The van der Waals surface area contributed by atoms with Crippen molar-refractivity contribution >= 4 is 35.2 Å². The minimum Gasteiger partial charge on any atom is -0.443 e. The summed E-state index contributed by atoms with van der Waals surface area (Å²) in [5, 5.41) is 4.02. The fraction of sp³-hybridized carbons (Fsp3) is 0.611. The Morgan fingerprint density at radius 1 is 1.00 bits per heavy atom. The van der Waals surface area contributed by atoms with Crippen LogP contribution in [0.15, 0.2) is 4.52 Å². The first-order valence-electron chi connectivity index (χ1n) is 16.5. The second kappa shape index (κ2) is 12.1. The van der Waals surface area contributed by atoms with Crippen molar-refractivity contribution in [1.29, 1.82) is 0 Å². The van der Waals surface area contributed by atoms with Crippen molar-refractivity contribution in [1.82, 2.24) is 10.1 Å². The Hall–Kier alpha value is -3.97. The zero-order valence-corrected chi connectivity index (χ0v) is 30.3. The molecule has 1 fully saturated rings. The quantitative estimate of drug-likeness (QED) is 0.344. The van der Waals surface area contributed by atoms with Crippen LogP contribution in [0.4, 0.5) is 19.7 Å². The third-order valence-electron chi connectivity index (χ3n) is 9.75. The number of rotatable bonds is 4. The predicted molar refractivity (Wildman–Crippen MR) is 175 cm³/mol. The maximum absolute atomic E-state index is 16.9. The molecule has 3 aliphatic carbocycles. The molecular weight excluding hydrogens is 637 g/mol. The zero-order chi connectivity index (χ0) is 36.7. The Kier molecular flexibility index (Phi) is 8.98. The van der Waals surface area contributed by atoms with Gasteiger partial charge < -0.3 is 18.7 Å². The van der Waals surface area contributed by atoms with Crippen molar-refractivity contribution < 1.29 is 47.1 Å². The van der Waals surface area contributed by atoms with Gasteiger partial charge >= 0.3 is 12.2 Å². The maximum atomic E-state index is 16.9. The van der Waals surface area contributed by atoms with E-state index in [2.05, 4.69) is 5.16 Å². The Morgan fingerprint density at radius 3 is 2.06 bits per heavy atom. The molecule has 1 heterocycles. The highest BCUT2D eigenvalue weighted by atomic mass is 19.1. The van der Waals surface area contributed by atoms with E-state index in [1.165, 1.54) is 14.0 Å². The second-order valence-corrected chi connectivity index (χ2v) is 15.5. The number of carbonyl (C=O) groups excluding carboxylic acids is 5. The normalized spacial score (nSPS) is 25.0. The van der Waals surface area contributed by atoms with Crippen molar-refractivity contribution in [2.75, 3.05) is 26.1 Å². The number of amides is 2. The molecular formula is C36H46FN3O9. The van der Waals surface area contributed by atoms with Crippen LogP contribution in [0.5, 0.6) is 0 Å². The van der Waals surface area contributed by atoms with Gasteiger partial charge in [-0.1, -0.05) is 12.1 Å². The summed E-state index contributed by atoms with van der Waals surface area (Å²) >= 11 is 0. The molecule has 2 aromatic rings. The van der Waals surface area contributed by atoms with E-state index < -0.39 is 76.0 Å². The number of anilines is 1. The summed E-state index contributed by atoms with van der Waals surface area (Å²) in [5.74, 6) is -5.26. The summed E-state index contributed by atoms with van der Waals surface area (Å²) in [6.45, 7) is 14.5. The smallest absolute Gasteiger partial charge is 0.424 e. The van der Waals surface area contributed by atoms with E-state index in [0.717, 1.165) is 0 Å². The molecule has 2 amide bonds. The molecule has 0 saturated heterocycles. The molecule has 13 heteroatoms. The molecule has 5 rings (SSSR count). The molecule has 49 heavy (non-hydrogen) atoms. The highest BCUT2D eigenvalue weighted by molar-refractivity contribution is 6.27. The van der Waals surface area contributed by atoms with E-state index >= 15 is 4.39 Å². The lowest BCUT2D eigenvalue weighted by molar-refractivity contribution is -0.159. The Balaban J connectivity index is 1.71. The number of ketones is 3. The average molecular weight is 684 g/mol. The van der Waals surface area contributed by atoms with Crippen molar-refractivity contribution in [3.63, 3.8) is 0 Å². The van der Waals surface area contributed by atoms with Gasteiger partial charge in [0.05, 0.1) is 28.9 Å². The Bertz CT molecular complexity index is 1740. The molecule has 1 saturated carbocycles. The SMILES string of the molecule is CCc1c(F)c2c(c(C)c1N(C(=O)OC(C)(C)C)C(=O)OC(C)(C)C)C(=O)C1C(=O)C3(OC)C(=O)c4c(C)noc4C(N(C)C)C3CC1C2. The summed E-state index contributed by atoms with van der Waals surface area (Å²) < 4.78 is 39.5. The number of ether oxygens (including phenoxy) is 3. The molecule has 266 valence electrons. The number of imide groups is 1. The first-order valence-corrected chi connectivity index (χ1v) is 16.5. The number of benzene rings is 1. The number of aromatic nitrogens is 1. The van der Waals surface area contributed by atoms with Crippen LogP contribution in [-0.2, 0) is 31.8 Å². The predicted octanol–water partition coefficient (Wildman–Crippen LogP) is 6.11.